The Kier molecular flexibility index (Phi) is 5.37. The van der Waals surface area contributed by atoms with Crippen LogP contribution in [0.4, 0.5) is 4.39 Å². The van der Waals surface area contributed by atoms with Crippen molar-refractivity contribution in [3.05, 3.63) is 63.9 Å². The highest BCUT2D eigenvalue weighted by atomic mass is 79.9. The van der Waals surface area contributed by atoms with E-state index in [4.69, 9.17) is 0 Å². The second kappa shape index (κ2) is 7.05. The fraction of sp³-hybridized carbons (Fsp3) is 0.294. The maximum absolute atomic E-state index is 13.3. The van der Waals surface area contributed by atoms with E-state index in [0.29, 0.717) is 5.56 Å². The van der Waals surface area contributed by atoms with Crippen LogP contribution in [-0.4, -0.2) is 11.1 Å². The molecule has 2 unspecified atom stereocenters. The van der Waals surface area contributed by atoms with Crippen LogP contribution in [0.25, 0.3) is 0 Å². The van der Waals surface area contributed by atoms with Crippen molar-refractivity contribution in [2.24, 2.45) is 0 Å². The summed E-state index contributed by atoms with van der Waals surface area (Å²) in [7, 11) is 0. The maximum Gasteiger partial charge on any atom is 0.123 e. The molecule has 0 aliphatic rings. The predicted octanol–water partition coefficient (Wildman–Crippen LogP) is 4.58. The fourth-order valence-electron chi connectivity index (χ4n) is 2.42. The van der Waals surface area contributed by atoms with Gasteiger partial charge in [-0.25, -0.2) is 4.39 Å². The SMILES string of the molecule is CC(Cc1ccc(Br)cc1)NC(C)c1cc(F)ccc1O. The van der Waals surface area contributed by atoms with E-state index in [2.05, 4.69) is 40.3 Å². The quantitative estimate of drug-likeness (QED) is 0.826. The number of hydrogen-bond acceptors (Lipinski definition) is 2. The molecule has 0 saturated carbocycles. The summed E-state index contributed by atoms with van der Waals surface area (Å²) in [6.07, 6.45) is 0.869. The molecule has 2 aromatic rings. The predicted molar refractivity (Wildman–Crippen MR) is 86.9 cm³/mol. The molecule has 0 aliphatic carbocycles. The second-order valence-electron chi connectivity index (χ2n) is 5.32. The molecule has 2 atom stereocenters. The molecule has 4 heteroatoms. The molecule has 0 amide bonds. The minimum absolute atomic E-state index is 0.118. The van der Waals surface area contributed by atoms with Gasteiger partial charge in [0.05, 0.1) is 0 Å². The zero-order chi connectivity index (χ0) is 15.4. The van der Waals surface area contributed by atoms with Crippen molar-refractivity contribution in [1.82, 2.24) is 5.32 Å². The lowest BCUT2D eigenvalue weighted by Crippen LogP contribution is -2.30. The number of nitrogens with one attached hydrogen (secondary N) is 1. The number of benzene rings is 2. The molecule has 0 aliphatic heterocycles. The first kappa shape index (κ1) is 16.0. The maximum atomic E-state index is 13.3. The minimum Gasteiger partial charge on any atom is -0.508 e. The Morgan fingerprint density at radius 3 is 2.48 bits per heavy atom. The van der Waals surface area contributed by atoms with Crippen LogP contribution in [0.1, 0.15) is 31.0 Å². The summed E-state index contributed by atoms with van der Waals surface area (Å²) in [6, 6.07) is 12.3. The van der Waals surface area contributed by atoms with Crippen LogP contribution in [0.2, 0.25) is 0 Å². The average molecular weight is 352 g/mol. The highest BCUT2D eigenvalue weighted by Crippen LogP contribution is 2.25. The van der Waals surface area contributed by atoms with Gasteiger partial charge in [0.25, 0.3) is 0 Å². The number of phenols is 1. The summed E-state index contributed by atoms with van der Waals surface area (Å²) in [5.74, 6) is -0.218. The van der Waals surface area contributed by atoms with Gasteiger partial charge in [0.1, 0.15) is 11.6 Å². The van der Waals surface area contributed by atoms with Crippen LogP contribution < -0.4 is 5.32 Å². The normalized spacial score (nSPS) is 13.9. The molecule has 0 fully saturated rings. The molecule has 2 rings (SSSR count). The van der Waals surface area contributed by atoms with Crippen LogP contribution in [0.5, 0.6) is 5.75 Å². The molecule has 2 nitrogen and oxygen atoms in total. The average Bonchev–Trinajstić information content (AvgIpc) is 2.44. The molecule has 112 valence electrons. The third kappa shape index (κ3) is 4.55. The van der Waals surface area contributed by atoms with E-state index in [9.17, 15) is 9.50 Å². The summed E-state index contributed by atoms with van der Waals surface area (Å²) in [6.45, 7) is 4.00. The lowest BCUT2D eigenvalue weighted by Gasteiger charge is -2.21. The van der Waals surface area contributed by atoms with Crippen molar-refractivity contribution >= 4 is 15.9 Å². The van der Waals surface area contributed by atoms with Gasteiger partial charge in [0.15, 0.2) is 0 Å². The lowest BCUT2D eigenvalue weighted by atomic mass is 10.0. The van der Waals surface area contributed by atoms with Crippen LogP contribution in [0.15, 0.2) is 46.9 Å². The smallest absolute Gasteiger partial charge is 0.123 e. The van der Waals surface area contributed by atoms with E-state index in [1.54, 1.807) is 0 Å². The van der Waals surface area contributed by atoms with E-state index in [-0.39, 0.29) is 23.7 Å². The molecule has 0 bridgehead atoms. The van der Waals surface area contributed by atoms with Gasteiger partial charge in [0, 0.05) is 22.1 Å². The first-order chi connectivity index (χ1) is 9.95. The standard InChI is InChI=1S/C17H19BrFNO/c1-11(9-13-3-5-14(18)6-4-13)20-12(2)16-10-15(19)7-8-17(16)21/h3-8,10-12,20-21H,9H2,1-2H3. The first-order valence-electron chi connectivity index (χ1n) is 6.94. The topological polar surface area (TPSA) is 32.3 Å². The number of aromatic hydroxyl groups is 1. The Bertz CT molecular complexity index is 600. The summed E-state index contributed by atoms with van der Waals surface area (Å²) >= 11 is 3.42. The van der Waals surface area contributed by atoms with Crippen LogP contribution in [-0.2, 0) is 6.42 Å². The van der Waals surface area contributed by atoms with E-state index < -0.39 is 0 Å². The summed E-state index contributed by atoms with van der Waals surface area (Å²) in [4.78, 5) is 0. The van der Waals surface area contributed by atoms with Crippen molar-refractivity contribution in [3.63, 3.8) is 0 Å². The van der Waals surface area contributed by atoms with Crippen LogP contribution in [0.3, 0.4) is 0 Å². The monoisotopic (exact) mass is 351 g/mol. The van der Waals surface area contributed by atoms with Gasteiger partial charge in [-0.15, -0.1) is 0 Å². The minimum atomic E-state index is -0.336. The number of phenolic OH excluding ortho intramolecular Hbond substituents is 1. The molecule has 2 N–H and O–H groups in total. The Morgan fingerprint density at radius 2 is 1.81 bits per heavy atom. The Balaban J connectivity index is 2.00. The number of hydrogen-bond donors (Lipinski definition) is 2. The molecular weight excluding hydrogens is 333 g/mol. The summed E-state index contributed by atoms with van der Waals surface area (Å²) < 4.78 is 14.3. The van der Waals surface area contributed by atoms with Gasteiger partial charge in [-0.2, -0.15) is 0 Å². The molecule has 21 heavy (non-hydrogen) atoms. The van der Waals surface area contributed by atoms with Crippen molar-refractivity contribution in [1.29, 1.82) is 0 Å². The van der Waals surface area contributed by atoms with Gasteiger partial charge in [-0.05, 0) is 56.2 Å². The fourth-order valence-corrected chi connectivity index (χ4v) is 2.69. The second-order valence-corrected chi connectivity index (χ2v) is 6.24. The third-order valence-electron chi connectivity index (χ3n) is 3.45. The molecule has 0 saturated heterocycles. The molecule has 0 spiro atoms. The van der Waals surface area contributed by atoms with Crippen LogP contribution in [0, 0.1) is 5.82 Å². The van der Waals surface area contributed by atoms with E-state index in [1.165, 1.54) is 23.8 Å². The number of halogens is 2. The molecule has 0 radical (unpaired) electrons. The Morgan fingerprint density at radius 1 is 1.14 bits per heavy atom. The van der Waals surface area contributed by atoms with Crippen molar-refractivity contribution in [2.45, 2.75) is 32.4 Å². The van der Waals surface area contributed by atoms with Gasteiger partial charge < -0.3 is 10.4 Å². The largest absolute Gasteiger partial charge is 0.508 e. The van der Waals surface area contributed by atoms with E-state index in [0.717, 1.165) is 10.9 Å². The van der Waals surface area contributed by atoms with Gasteiger partial charge in [-0.1, -0.05) is 28.1 Å². The molecule has 0 aromatic heterocycles. The van der Waals surface area contributed by atoms with Gasteiger partial charge in [-0.3, -0.25) is 0 Å². The molecule has 2 aromatic carbocycles. The highest BCUT2D eigenvalue weighted by molar-refractivity contribution is 9.10. The Labute approximate surface area is 133 Å². The first-order valence-corrected chi connectivity index (χ1v) is 7.74. The van der Waals surface area contributed by atoms with Crippen molar-refractivity contribution in [3.8, 4) is 5.75 Å². The van der Waals surface area contributed by atoms with E-state index in [1.807, 2.05) is 19.1 Å². The molecular formula is C17H19BrFNO. The van der Waals surface area contributed by atoms with Crippen molar-refractivity contribution < 1.29 is 9.50 Å². The highest BCUT2D eigenvalue weighted by Gasteiger charge is 2.14. The van der Waals surface area contributed by atoms with Gasteiger partial charge >= 0.3 is 0 Å². The number of rotatable bonds is 5. The zero-order valence-corrected chi connectivity index (χ0v) is 13.7. The molecule has 0 heterocycles. The van der Waals surface area contributed by atoms with Crippen molar-refractivity contribution in [2.75, 3.05) is 0 Å². The van der Waals surface area contributed by atoms with E-state index >= 15 is 0 Å². The lowest BCUT2D eigenvalue weighted by molar-refractivity contribution is 0.430. The summed E-state index contributed by atoms with van der Waals surface area (Å²) in [5, 5.41) is 13.2. The van der Waals surface area contributed by atoms with Crippen LogP contribution >= 0.6 is 15.9 Å². The summed E-state index contributed by atoms with van der Waals surface area (Å²) in [5.41, 5.74) is 1.81. The van der Waals surface area contributed by atoms with Gasteiger partial charge in [0.2, 0.25) is 0 Å². The zero-order valence-electron chi connectivity index (χ0n) is 12.1. The third-order valence-corrected chi connectivity index (χ3v) is 3.97. The Hall–Kier alpha value is -1.39.